The van der Waals surface area contributed by atoms with E-state index in [4.69, 9.17) is 4.52 Å². The van der Waals surface area contributed by atoms with E-state index in [1.807, 2.05) is 66.7 Å². The van der Waals surface area contributed by atoms with Crippen molar-refractivity contribution in [1.29, 1.82) is 0 Å². The molecule has 0 fully saturated rings. The number of carbonyl (C=O) groups excluding carboxylic acids is 1. The Morgan fingerprint density at radius 2 is 1.77 bits per heavy atom. The van der Waals surface area contributed by atoms with Gasteiger partial charge in [0.25, 0.3) is 5.91 Å². The van der Waals surface area contributed by atoms with Crippen molar-refractivity contribution in [2.24, 2.45) is 5.10 Å². The van der Waals surface area contributed by atoms with Crippen LogP contribution in [0, 0.1) is 6.92 Å². The number of aryl methyl sites for hydroxylation is 1. The minimum atomic E-state index is -0.376. The molecular formula is C20H16BrN3O2. The highest BCUT2D eigenvalue weighted by atomic mass is 79.9. The average molecular weight is 410 g/mol. The van der Waals surface area contributed by atoms with Gasteiger partial charge in [-0.05, 0) is 34.5 Å². The largest absolute Gasteiger partial charge is 0.360 e. The molecule has 26 heavy (non-hydrogen) atoms. The minimum Gasteiger partial charge on any atom is -0.360 e. The zero-order valence-electron chi connectivity index (χ0n) is 14.0. The van der Waals surface area contributed by atoms with Crippen LogP contribution in [0.1, 0.15) is 21.7 Å². The third kappa shape index (κ3) is 4.34. The summed E-state index contributed by atoms with van der Waals surface area (Å²) in [5, 5.41) is 7.99. The van der Waals surface area contributed by atoms with E-state index in [9.17, 15) is 4.79 Å². The van der Waals surface area contributed by atoms with Gasteiger partial charge in [-0.25, -0.2) is 5.43 Å². The van der Waals surface area contributed by atoms with Crippen LogP contribution >= 0.6 is 15.9 Å². The molecule has 0 aliphatic heterocycles. The summed E-state index contributed by atoms with van der Waals surface area (Å²) in [4.78, 5) is 12.5. The Kier molecular flexibility index (Phi) is 5.76. The van der Waals surface area contributed by atoms with Crippen LogP contribution < -0.4 is 5.43 Å². The zero-order chi connectivity index (χ0) is 18.4. The van der Waals surface area contributed by atoms with E-state index in [0.717, 1.165) is 15.6 Å². The standard InChI is InChI=1S/C20H16BrN3O2/c1-14-18(19(24-26-14)16-10-6-3-7-11-16)20(25)23-22-13-17(21)12-15-8-4-2-5-9-15/h2-13H,1H3,(H,23,25)/b17-12-,22-13-. The van der Waals surface area contributed by atoms with Gasteiger partial charge >= 0.3 is 0 Å². The molecule has 0 aliphatic rings. The molecule has 2 aromatic carbocycles. The Morgan fingerprint density at radius 1 is 1.12 bits per heavy atom. The van der Waals surface area contributed by atoms with Crippen molar-refractivity contribution in [3.05, 3.63) is 82.0 Å². The highest BCUT2D eigenvalue weighted by molar-refractivity contribution is 9.12. The lowest BCUT2D eigenvalue weighted by Gasteiger charge is -2.01. The lowest BCUT2D eigenvalue weighted by molar-refractivity contribution is 0.0954. The quantitative estimate of drug-likeness (QED) is 0.485. The Bertz CT molecular complexity index is 948. The summed E-state index contributed by atoms with van der Waals surface area (Å²) in [6.45, 7) is 1.70. The monoisotopic (exact) mass is 409 g/mol. The predicted molar refractivity (Wildman–Crippen MR) is 106 cm³/mol. The van der Waals surface area contributed by atoms with Gasteiger partial charge in [0.05, 0.1) is 6.21 Å². The molecule has 1 amide bonds. The van der Waals surface area contributed by atoms with Crippen LogP contribution in [0.15, 0.2) is 74.8 Å². The van der Waals surface area contributed by atoms with Gasteiger partial charge in [0.15, 0.2) is 0 Å². The maximum atomic E-state index is 12.5. The predicted octanol–water partition coefficient (Wildman–Crippen LogP) is 4.80. The van der Waals surface area contributed by atoms with E-state index in [2.05, 4.69) is 31.6 Å². The van der Waals surface area contributed by atoms with Gasteiger partial charge in [-0.3, -0.25) is 4.79 Å². The van der Waals surface area contributed by atoms with E-state index in [1.165, 1.54) is 6.21 Å². The fourth-order valence-electron chi connectivity index (χ4n) is 2.39. The molecule has 1 aromatic heterocycles. The van der Waals surface area contributed by atoms with E-state index < -0.39 is 0 Å². The second-order valence-electron chi connectivity index (χ2n) is 5.47. The molecule has 5 nitrogen and oxygen atoms in total. The molecule has 0 bridgehead atoms. The summed E-state index contributed by atoms with van der Waals surface area (Å²) in [6.07, 6.45) is 3.42. The molecule has 3 rings (SSSR count). The van der Waals surface area contributed by atoms with Crippen molar-refractivity contribution >= 4 is 34.1 Å². The molecule has 3 aromatic rings. The topological polar surface area (TPSA) is 67.5 Å². The summed E-state index contributed by atoms with van der Waals surface area (Å²) < 4.78 is 5.93. The Labute approximate surface area is 159 Å². The summed E-state index contributed by atoms with van der Waals surface area (Å²) in [6, 6.07) is 19.2. The molecule has 0 atom stereocenters. The first kappa shape index (κ1) is 17.8. The molecule has 0 unspecified atom stereocenters. The highest BCUT2D eigenvalue weighted by Crippen LogP contribution is 2.24. The van der Waals surface area contributed by atoms with Crippen molar-refractivity contribution in [1.82, 2.24) is 10.6 Å². The van der Waals surface area contributed by atoms with Crippen LogP contribution in [-0.2, 0) is 0 Å². The third-order valence-electron chi connectivity index (χ3n) is 3.60. The van der Waals surface area contributed by atoms with E-state index >= 15 is 0 Å². The second kappa shape index (κ2) is 8.40. The van der Waals surface area contributed by atoms with Crippen molar-refractivity contribution < 1.29 is 9.32 Å². The molecule has 0 radical (unpaired) electrons. The number of hydrazone groups is 1. The average Bonchev–Trinajstić information content (AvgIpc) is 3.05. The van der Waals surface area contributed by atoms with Gasteiger partial charge in [0.2, 0.25) is 0 Å². The van der Waals surface area contributed by atoms with Crippen LogP contribution in [0.3, 0.4) is 0 Å². The van der Waals surface area contributed by atoms with E-state index in [0.29, 0.717) is 17.0 Å². The van der Waals surface area contributed by atoms with Gasteiger partial charge < -0.3 is 4.52 Å². The molecular weight excluding hydrogens is 394 g/mol. The van der Waals surface area contributed by atoms with Crippen molar-refractivity contribution in [3.8, 4) is 11.3 Å². The van der Waals surface area contributed by atoms with Crippen LogP contribution in [0.5, 0.6) is 0 Å². The summed E-state index contributed by atoms with van der Waals surface area (Å²) in [7, 11) is 0. The number of hydrogen-bond donors (Lipinski definition) is 1. The summed E-state index contributed by atoms with van der Waals surface area (Å²) in [5.74, 6) is 0.0642. The van der Waals surface area contributed by atoms with Gasteiger partial charge in [-0.2, -0.15) is 5.10 Å². The number of nitrogens with one attached hydrogen (secondary N) is 1. The molecule has 0 aliphatic carbocycles. The molecule has 0 spiro atoms. The number of benzene rings is 2. The van der Waals surface area contributed by atoms with Gasteiger partial charge in [-0.1, -0.05) is 65.8 Å². The van der Waals surface area contributed by atoms with Crippen molar-refractivity contribution in [2.75, 3.05) is 0 Å². The highest BCUT2D eigenvalue weighted by Gasteiger charge is 2.21. The van der Waals surface area contributed by atoms with E-state index in [1.54, 1.807) is 6.92 Å². The smallest absolute Gasteiger partial charge is 0.277 e. The second-order valence-corrected chi connectivity index (χ2v) is 6.38. The Balaban J connectivity index is 1.73. The fraction of sp³-hybridized carbons (Fsp3) is 0.0500. The number of halogens is 1. The van der Waals surface area contributed by atoms with Crippen LogP contribution in [0.2, 0.25) is 0 Å². The number of aromatic nitrogens is 1. The van der Waals surface area contributed by atoms with Crippen molar-refractivity contribution in [3.63, 3.8) is 0 Å². The summed E-state index contributed by atoms with van der Waals surface area (Å²) in [5.41, 5.74) is 5.21. The van der Waals surface area contributed by atoms with Crippen LogP contribution in [-0.4, -0.2) is 17.3 Å². The number of allylic oxidation sites excluding steroid dienone is 1. The van der Waals surface area contributed by atoms with Gasteiger partial charge in [-0.15, -0.1) is 0 Å². The van der Waals surface area contributed by atoms with Crippen molar-refractivity contribution in [2.45, 2.75) is 6.92 Å². The molecule has 6 heteroatoms. The first-order valence-electron chi connectivity index (χ1n) is 7.92. The normalized spacial score (nSPS) is 11.7. The maximum Gasteiger partial charge on any atom is 0.277 e. The number of amides is 1. The number of rotatable bonds is 5. The fourth-order valence-corrected chi connectivity index (χ4v) is 2.75. The molecule has 0 saturated heterocycles. The summed E-state index contributed by atoms with van der Waals surface area (Å²) >= 11 is 3.41. The molecule has 130 valence electrons. The number of nitrogens with zero attached hydrogens (tertiary/aromatic N) is 2. The molecule has 1 N–H and O–H groups in total. The zero-order valence-corrected chi connectivity index (χ0v) is 15.6. The SMILES string of the molecule is Cc1onc(-c2ccccc2)c1C(=O)N/N=C\C(Br)=C\c1ccccc1. The number of carbonyl (C=O) groups is 1. The third-order valence-corrected chi connectivity index (χ3v) is 4.03. The molecule has 1 heterocycles. The minimum absolute atomic E-state index is 0.372. The molecule has 0 saturated carbocycles. The number of hydrogen-bond acceptors (Lipinski definition) is 4. The van der Waals surface area contributed by atoms with Crippen LogP contribution in [0.25, 0.3) is 17.3 Å². The van der Waals surface area contributed by atoms with Gasteiger partial charge in [0.1, 0.15) is 17.0 Å². The Morgan fingerprint density at radius 3 is 2.46 bits per heavy atom. The van der Waals surface area contributed by atoms with Gasteiger partial charge in [0, 0.05) is 10.0 Å². The van der Waals surface area contributed by atoms with Crippen LogP contribution in [0.4, 0.5) is 0 Å². The first-order chi connectivity index (χ1) is 12.6. The first-order valence-corrected chi connectivity index (χ1v) is 8.72. The van der Waals surface area contributed by atoms with E-state index in [-0.39, 0.29) is 5.91 Å². The lowest BCUT2D eigenvalue weighted by Crippen LogP contribution is -2.18. The lowest BCUT2D eigenvalue weighted by atomic mass is 10.1. The maximum absolute atomic E-state index is 12.5. The Hall–Kier alpha value is -2.99.